The highest BCUT2D eigenvalue weighted by Crippen LogP contribution is 2.60. The van der Waals surface area contributed by atoms with E-state index < -0.39 is 0 Å². The van der Waals surface area contributed by atoms with E-state index in [9.17, 15) is 0 Å². The Morgan fingerprint density at radius 2 is 1.68 bits per heavy atom. The molecular weight excluding hydrogens is 342 g/mol. The van der Waals surface area contributed by atoms with E-state index in [2.05, 4.69) is 61.3 Å². The zero-order chi connectivity index (χ0) is 19.9. The van der Waals surface area contributed by atoms with Gasteiger partial charge >= 0.3 is 0 Å². The van der Waals surface area contributed by atoms with Gasteiger partial charge in [0.05, 0.1) is 12.2 Å². The van der Waals surface area contributed by atoms with Crippen molar-refractivity contribution in [1.82, 2.24) is 14.7 Å². The molecule has 3 aliphatic carbocycles. The molecule has 1 aromatic rings. The Morgan fingerprint density at radius 3 is 2.18 bits per heavy atom. The molecule has 0 amide bonds. The largest absolute Gasteiger partial charge is 0.303 e. The van der Waals surface area contributed by atoms with Gasteiger partial charge in [0, 0.05) is 25.8 Å². The highest BCUT2D eigenvalue weighted by molar-refractivity contribution is 5.18. The van der Waals surface area contributed by atoms with E-state index in [1.54, 1.807) is 5.57 Å². The van der Waals surface area contributed by atoms with E-state index >= 15 is 0 Å². The molecule has 1 aromatic heterocycles. The third kappa shape index (κ3) is 3.72. The third-order valence-electron chi connectivity index (χ3n) is 8.56. The molecule has 0 N–H and O–H groups in total. The summed E-state index contributed by atoms with van der Waals surface area (Å²) in [5.74, 6) is 1.22. The van der Waals surface area contributed by atoms with Gasteiger partial charge in [-0.3, -0.25) is 4.68 Å². The van der Waals surface area contributed by atoms with Crippen LogP contribution in [-0.2, 0) is 0 Å². The lowest BCUT2D eigenvalue weighted by molar-refractivity contribution is -0.0205. The SMILES string of the molecule is C=C(C(C)C)C12CCC(CN3CCC(n4cc(C(C)C)cn4)CC3)(CC1)CC2. The van der Waals surface area contributed by atoms with E-state index in [-0.39, 0.29) is 0 Å². The lowest BCUT2D eigenvalue weighted by atomic mass is 9.50. The van der Waals surface area contributed by atoms with Crippen molar-refractivity contribution in [1.29, 1.82) is 0 Å². The Labute approximate surface area is 172 Å². The van der Waals surface area contributed by atoms with Gasteiger partial charge in [0.25, 0.3) is 0 Å². The third-order valence-corrected chi connectivity index (χ3v) is 8.56. The number of hydrogen-bond donors (Lipinski definition) is 0. The zero-order valence-electron chi connectivity index (χ0n) is 18.7. The molecule has 2 bridgehead atoms. The van der Waals surface area contributed by atoms with Crippen LogP contribution in [0.4, 0.5) is 0 Å². The lowest BCUT2D eigenvalue weighted by Gasteiger charge is -2.56. The molecule has 5 rings (SSSR count). The first-order chi connectivity index (χ1) is 13.3. The molecule has 3 saturated carbocycles. The van der Waals surface area contributed by atoms with Gasteiger partial charge in [-0.2, -0.15) is 5.10 Å². The number of rotatable bonds is 6. The Morgan fingerprint density at radius 1 is 1.07 bits per heavy atom. The molecule has 4 fully saturated rings. The van der Waals surface area contributed by atoms with Crippen molar-refractivity contribution in [3.8, 4) is 0 Å². The molecule has 3 nitrogen and oxygen atoms in total. The Bertz CT molecular complexity index is 666. The van der Waals surface area contributed by atoms with E-state index in [1.807, 2.05) is 0 Å². The summed E-state index contributed by atoms with van der Waals surface area (Å²) in [5.41, 5.74) is 4.00. The fourth-order valence-electron chi connectivity index (χ4n) is 6.26. The van der Waals surface area contributed by atoms with Crippen LogP contribution in [-0.4, -0.2) is 34.3 Å². The van der Waals surface area contributed by atoms with Crippen LogP contribution in [0, 0.1) is 16.7 Å². The molecule has 0 atom stereocenters. The molecule has 4 aliphatic rings. The van der Waals surface area contributed by atoms with Gasteiger partial charge in [-0.25, -0.2) is 0 Å². The molecule has 0 aromatic carbocycles. The molecule has 0 radical (unpaired) electrons. The van der Waals surface area contributed by atoms with Crippen LogP contribution in [0.5, 0.6) is 0 Å². The van der Waals surface area contributed by atoms with E-state index in [0.29, 0.717) is 28.7 Å². The number of fused-ring (bicyclic) bond motifs is 3. The molecule has 0 unspecified atom stereocenters. The highest BCUT2D eigenvalue weighted by Gasteiger charge is 2.50. The number of nitrogens with zero attached hydrogens (tertiary/aromatic N) is 3. The summed E-state index contributed by atoms with van der Waals surface area (Å²) in [5, 5.41) is 4.67. The maximum atomic E-state index is 4.67. The van der Waals surface area contributed by atoms with Gasteiger partial charge in [-0.05, 0) is 79.6 Å². The van der Waals surface area contributed by atoms with Crippen molar-refractivity contribution in [2.24, 2.45) is 16.7 Å². The lowest BCUT2D eigenvalue weighted by Crippen LogP contribution is -2.50. The van der Waals surface area contributed by atoms with Crippen LogP contribution in [0.25, 0.3) is 0 Å². The first kappa shape index (κ1) is 20.2. The van der Waals surface area contributed by atoms with Gasteiger partial charge < -0.3 is 4.90 Å². The van der Waals surface area contributed by atoms with Crippen LogP contribution >= 0.6 is 0 Å². The van der Waals surface area contributed by atoms with E-state index in [0.717, 1.165) is 0 Å². The second kappa shape index (κ2) is 7.63. The molecule has 1 aliphatic heterocycles. The first-order valence-corrected chi connectivity index (χ1v) is 11.8. The summed E-state index contributed by atoms with van der Waals surface area (Å²) in [7, 11) is 0. The molecule has 156 valence electrons. The summed E-state index contributed by atoms with van der Waals surface area (Å²) in [6.45, 7) is 17.5. The van der Waals surface area contributed by atoms with E-state index in [1.165, 1.54) is 76.6 Å². The molecule has 1 saturated heterocycles. The predicted molar refractivity (Wildman–Crippen MR) is 118 cm³/mol. The molecular formula is C25H41N3. The van der Waals surface area contributed by atoms with Crippen LogP contribution in [0.1, 0.15) is 96.6 Å². The van der Waals surface area contributed by atoms with Crippen molar-refractivity contribution in [3.05, 3.63) is 30.1 Å². The molecule has 0 spiro atoms. The summed E-state index contributed by atoms with van der Waals surface area (Å²) < 4.78 is 2.25. The summed E-state index contributed by atoms with van der Waals surface area (Å²) in [6, 6.07) is 0.598. The second-order valence-corrected chi connectivity index (χ2v) is 10.9. The number of piperidine rings is 1. The van der Waals surface area contributed by atoms with Crippen molar-refractivity contribution in [2.45, 2.75) is 91.0 Å². The predicted octanol–water partition coefficient (Wildman–Crippen LogP) is 6.20. The van der Waals surface area contributed by atoms with Gasteiger partial charge in [0.2, 0.25) is 0 Å². The van der Waals surface area contributed by atoms with Crippen LogP contribution in [0.3, 0.4) is 0 Å². The smallest absolute Gasteiger partial charge is 0.0543 e. The topological polar surface area (TPSA) is 21.1 Å². The van der Waals surface area contributed by atoms with Gasteiger partial charge in [-0.15, -0.1) is 0 Å². The maximum absolute atomic E-state index is 4.67. The van der Waals surface area contributed by atoms with Gasteiger partial charge in [0.15, 0.2) is 0 Å². The summed E-state index contributed by atoms with van der Waals surface area (Å²) >= 11 is 0. The standard InChI is InChI=1S/C25H41N3/c1-19(2)21(5)25-11-8-24(9-12-25,10-13-25)18-27-14-6-23(7-15-27)28-17-22(16-26-28)20(3)4/h16-17,19-20,23H,5-15,18H2,1-4H3. The summed E-state index contributed by atoms with van der Waals surface area (Å²) in [4.78, 5) is 2.78. The number of allylic oxidation sites excluding steroid dienone is 1. The maximum Gasteiger partial charge on any atom is 0.0543 e. The van der Waals surface area contributed by atoms with Crippen LogP contribution in [0.2, 0.25) is 0 Å². The molecule has 2 heterocycles. The number of likely N-dealkylation sites (tertiary alicyclic amines) is 1. The van der Waals surface area contributed by atoms with Gasteiger partial charge in [0.1, 0.15) is 0 Å². The van der Waals surface area contributed by atoms with Gasteiger partial charge in [-0.1, -0.05) is 39.8 Å². The minimum atomic E-state index is 0.483. The Kier molecular flexibility index (Phi) is 5.50. The fraction of sp³-hybridized carbons (Fsp3) is 0.800. The number of aromatic nitrogens is 2. The quantitative estimate of drug-likeness (QED) is 0.546. The van der Waals surface area contributed by atoms with Crippen molar-refractivity contribution < 1.29 is 0 Å². The van der Waals surface area contributed by atoms with Crippen molar-refractivity contribution in [3.63, 3.8) is 0 Å². The Balaban J connectivity index is 1.30. The van der Waals surface area contributed by atoms with Crippen LogP contribution in [0.15, 0.2) is 24.5 Å². The average Bonchev–Trinajstić information content (AvgIpc) is 3.20. The van der Waals surface area contributed by atoms with E-state index in [4.69, 9.17) is 0 Å². The highest BCUT2D eigenvalue weighted by atomic mass is 15.3. The second-order valence-electron chi connectivity index (χ2n) is 10.9. The molecule has 28 heavy (non-hydrogen) atoms. The summed E-state index contributed by atoms with van der Waals surface area (Å²) in [6.07, 6.45) is 15.3. The molecule has 3 heteroatoms. The van der Waals surface area contributed by atoms with Crippen molar-refractivity contribution >= 4 is 0 Å². The minimum absolute atomic E-state index is 0.483. The van der Waals surface area contributed by atoms with Crippen molar-refractivity contribution in [2.75, 3.05) is 19.6 Å². The number of hydrogen-bond acceptors (Lipinski definition) is 2. The average molecular weight is 384 g/mol. The monoisotopic (exact) mass is 383 g/mol. The minimum Gasteiger partial charge on any atom is -0.303 e. The fourth-order valence-corrected chi connectivity index (χ4v) is 6.26. The van der Waals surface area contributed by atoms with Crippen LogP contribution < -0.4 is 0 Å². The zero-order valence-corrected chi connectivity index (χ0v) is 18.7. The first-order valence-electron chi connectivity index (χ1n) is 11.8. The normalized spacial score (nSPS) is 31.8. The Hall–Kier alpha value is -1.09.